The fourth-order valence-corrected chi connectivity index (χ4v) is 3.19. The Morgan fingerprint density at radius 2 is 1.81 bits per heavy atom. The standard InChI is InChI=1S/C15H9Br2N3O/c16-10-6-7-12(13(17)8-10)15(21)14-9-18-19-20(14)11-4-2-1-3-5-11/h1-9H. The number of para-hydroxylation sites is 1. The molecule has 0 aliphatic carbocycles. The molecule has 0 saturated heterocycles. The van der Waals surface area contributed by atoms with Crippen LogP contribution in [0.5, 0.6) is 0 Å². The number of halogens is 2. The summed E-state index contributed by atoms with van der Waals surface area (Å²) in [5, 5.41) is 7.86. The predicted octanol–water partition coefficient (Wildman–Crippen LogP) is 4.02. The lowest BCUT2D eigenvalue weighted by Gasteiger charge is -2.07. The SMILES string of the molecule is O=C(c1ccc(Br)cc1Br)c1cnnn1-c1ccccc1. The zero-order chi connectivity index (χ0) is 14.8. The van der Waals surface area contributed by atoms with Gasteiger partial charge < -0.3 is 0 Å². The lowest BCUT2D eigenvalue weighted by atomic mass is 10.1. The van der Waals surface area contributed by atoms with E-state index >= 15 is 0 Å². The van der Waals surface area contributed by atoms with Crippen molar-refractivity contribution < 1.29 is 4.79 Å². The van der Waals surface area contributed by atoms with Crippen molar-refractivity contribution in [3.05, 3.63) is 74.9 Å². The summed E-state index contributed by atoms with van der Waals surface area (Å²) in [5.74, 6) is -0.136. The lowest BCUT2D eigenvalue weighted by molar-refractivity contribution is 0.103. The Balaban J connectivity index is 2.06. The van der Waals surface area contributed by atoms with Crippen LogP contribution in [0.15, 0.2) is 63.7 Å². The number of carbonyl (C=O) groups is 1. The molecule has 0 spiro atoms. The number of rotatable bonds is 3. The van der Waals surface area contributed by atoms with Gasteiger partial charge in [0.15, 0.2) is 0 Å². The largest absolute Gasteiger partial charge is 0.287 e. The summed E-state index contributed by atoms with van der Waals surface area (Å²) in [6.45, 7) is 0. The van der Waals surface area contributed by atoms with Gasteiger partial charge >= 0.3 is 0 Å². The third-order valence-corrected chi connectivity index (χ3v) is 4.11. The smallest absolute Gasteiger partial charge is 0.214 e. The minimum atomic E-state index is -0.136. The molecule has 3 aromatic rings. The van der Waals surface area contributed by atoms with Gasteiger partial charge in [-0.1, -0.05) is 39.3 Å². The lowest BCUT2D eigenvalue weighted by Crippen LogP contribution is -2.10. The van der Waals surface area contributed by atoms with Crippen LogP contribution in [0, 0.1) is 0 Å². The first kappa shape index (κ1) is 14.2. The van der Waals surface area contributed by atoms with E-state index in [1.807, 2.05) is 42.5 Å². The molecule has 0 atom stereocenters. The highest BCUT2D eigenvalue weighted by molar-refractivity contribution is 9.11. The molecule has 0 fully saturated rings. The maximum Gasteiger partial charge on any atom is 0.214 e. The summed E-state index contributed by atoms with van der Waals surface area (Å²) < 4.78 is 3.17. The van der Waals surface area contributed by atoms with Crippen molar-refractivity contribution in [3.63, 3.8) is 0 Å². The maximum absolute atomic E-state index is 12.7. The maximum atomic E-state index is 12.7. The van der Waals surface area contributed by atoms with E-state index in [0.717, 1.165) is 14.6 Å². The molecular formula is C15H9Br2N3O. The summed E-state index contributed by atoms with van der Waals surface area (Å²) in [4.78, 5) is 12.7. The number of hydrogen-bond donors (Lipinski definition) is 0. The van der Waals surface area contributed by atoms with Crippen LogP contribution in [0.1, 0.15) is 16.1 Å². The fourth-order valence-electron chi connectivity index (χ4n) is 1.96. The molecule has 2 aromatic carbocycles. The van der Waals surface area contributed by atoms with Crippen molar-refractivity contribution in [2.24, 2.45) is 0 Å². The summed E-state index contributed by atoms with van der Waals surface area (Å²) in [5.41, 5.74) is 1.79. The second-order valence-corrected chi connectivity index (χ2v) is 6.09. The molecule has 4 nitrogen and oxygen atoms in total. The van der Waals surface area contributed by atoms with Crippen LogP contribution in [0.4, 0.5) is 0 Å². The Labute approximate surface area is 138 Å². The van der Waals surface area contributed by atoms with Gasteiger partial charge in [-0.3, -0.25) is 4.79 Å². The van der Waals surface area contributed by atoms with Crippen molar-refractivity contribution >= 4 is 37.6 Å². The highest BCUT2D eigenvalue weighted by atomic mass is 79.9. The van der Waals surface area contributed by atoms with Crippen LogP contribution in [0.3, 0.4) is 0 Å². The zero-order valence-electron chi connectivity index (χ0n) is 10.7. The molecule has 6 heteroatoms. The van der Waals surface area contributed by atoms with E-state index in [1.54, 1.807) is 6.07 Å². The zero-order valence-corrected chi connectivity index (χ0v) is 13.9. The van der Waals surface area contributed by atoms with Crippen LogP contribution >= 0.6 is 31.9 Å². The van der Waals surface area contributed by atoms with E-state index in [1.165, 1.54) is 10.9 Å². The first-order valence-corrected chi connectivity index (χ1v) is 7.71. The monoisotopic (exact) mass is 405 g/mol. The van der Waals surface area contributed by atoms with E-state index in [4.69, 9.17) is 0 Å². The van der Waals surface area contributed by atoms with E-state index in [2.05, 4.69) is 42.2 Å². The van der Waals surface area contributed by atoms with Crippen LogP contribution in [-0.4, -0.2) is 20.8 Å². The average molecular weight is 407 g/mol. The summed E-state index contributed by atoms with van der Waals surface area (Å²) in [6.07, 6.45) is 1.48. The molecule has 104 valence electrons. The van der Waals surface area contributed by atoms with Crippen molar-refractivity contribution in [2.45, 2.75) is 0 Å². The number of benzene rings is 2. The van der Waals surface area contributed by atoms with Crippen molar-refractivity contribution in [3.8, 4) is 5.69 Å². The molecule has 3 rings (SSSR count). The summed E-state index contributed by atoms with van der Waals surface area (Å²) in [7, 11) is 0. The van der Waals surface area contributed by atoms with E-state index in [0.29, 0.717) is 11.3 Å². The topological polar surface area (TPSA) is 47.8 Å². The van der Waals surface area contributed by atoms with Crippen molar-refractivity contribution in [1.29, 1.82) is 0 Å². The number of ketones is 1. The van der Waals surface area contributed by atoms with Gasteiger partial charge in [0, 0.05) is 14.5 Å². The Bertz CT molecular complexity index is 800. The number of aromatic nitrogens is 3. The first-order valence-electron chi connectivity index (χ1n) is 6.12. The minimum absolute atomic E-state index is 0.136. The van der Waals surface area contributed by atoms with Crippen LogP contribution in [0.25, 0.3) is 5.69 Å². The molecule has 1 aromatic heterocycles. The molecule has 0 unspecified atom stereocenters. The average Bonchev–Trinajstić information content (AvgIpc) is 2.97. The first-order chi connectivity index (χ1) is 10.2. The van der Waals surface area contributed by atoms with Crippen molar-refractivity contribution in [1.82, 2.24) is 15.0 Å². The van der Waals surface area contributed by atoms with Gasteiger partial charge in [-0.25, -0.2) is 4.68 Å². The molecule has 0 N–H and O–H groups in total. The Morgan fingerprint density at radius 3 is 2.52 bits per heavy atom. The molecule has 0 bridgehead atoms. The normalized spacial score (nSPS) is 10.6. The Kier molecular flexibility index (Phi) is 3.98. The molecular weight excluding hydrogens is 398 g/mol. The highest BCUT2D eigenvalue weighted by Gasteiger charge is 2.18. The second-order valence-electron chi connectivity index (χ2n) is 4.32. The number of carbonyl (C=O) groups excluding carboxylic acids is 1. The molecule has 21 heavy (non-hydrogen) atoms. The Hall–Kier alpha value is -1.79. The van der Waals surface area contributed by atoms with E-state index in [-0.39, 0.29) is 5.78 Å². The predicted molar refractivity (Wildman–Crippen MR) is 86.6 cm³/mol. The van der Waals surface area contributed by atoms with Crippen LogP contribution in [0.2, 0.25) is 0 Å². The van der Waals surface area contributed by atoms with Gasteiger partial charge in [0.05, 0.1) is 11.9 Å². The quantitative estimate of drug-likeness (QED) is 0.617. The Morgan fingerprint density at radius 1 is 1.05 bits per heavy atom. The number of nitrogens with zero attached hydrogens (tertiary/aromatic N) is 3. The van der Waals surface area contributed by atoms with Gasteiger partial charge in [0.1, 0.15) is 5.69 Å². The second kappa shape index (κ2) is 5.91. The molecule has 0 amide bonds. The highest BCUT2D eigenvalue weighted by Crippen LogP contribution is 2.24. The van der Waals surface area contributed by atoms with E-state index < -0.39 is 0 Å². The fraction of sp³-hybridized carbons (Fsp3) is 0. The van der Waals surface area contributed by atoms with Crippen LogP contribution in [-0.2, 0) is 0 Å². The van der Waals surface area contributed by atoms with Crippen molar-refractivity contribution in [2.75, 3.05) is 0 Å². The molecule has 0 aliphatic rings. The van der Waals surface area contributed by atoms with E-state index in [9.17, 15) is 4.79 Å². The molecule has 0 saturated carbocycles. The molecule has 0 aliphatic heterocycles. The van der Waals surface area contributed by atoms with Gasteiger partial charge in [-0.05, 0) is 46.3 Å². The minimum Gasteiger partial charge on any atom is -0.287 e. The third-order valence-electron chi connectivity index (χ3n) is 2.96. The van der Waals surface area contributed by atoms with Gasteiger partial charge in [0.25, 0.3) is 0 Å². The van der Waals surface area contributed by atoms with Gasteiger partial charge in [0.2, 0.25) is 5.78 Å². The van der Waals surface area contributed by atoms with Gasteiger partial charge in [-0.15, -0.1) is 5.10 Å². The molecule has 1 heterocycles. The van der Waals surface area contributed by atoms with Gasteiger partial charge in [-0.2, -0.15) is 0 Å². The number of hydrogen-bond acceptors (Lipinski definition) is 3. The summed E-state index contributed by atoms with van der Waals surface area (Å²) in [6, 6.07) is 14.9. The van der Waals surface area contributed by atoms with Crippen LogP contribution < -0.4 is 0 Å². The molecule has 0 radical (unpaired) electrons. The summed E-state index contributed by atoms with van der Waals surface area (Å²) >= 11 is 6.79. The third kappa shape index (κ3) is 2.82.